The number of carbonyl (C=O) groups excluding carboxylic acids is 3. The summed E-state index contributed by atoms with van der Waals surface area (Å²) in [6.07, 6.45) is 8.12. The quantitative estimate of drug-likeness (QED) is 0.0726. The zero-order valence-corrected chi connectivity index (χ0v) is 61.9. The highest BCUT2D eigenvalue weighted by molar-refractivity contribution is 7.12. The van der Waals surface area contributed by atoms with E-state index in [0.29, 0.717) is 12.2 Å². The lowest BCUT2D eigenvalue weighted by Crippen LogP contribution is -2.14. The third-order valence-electron chi connectivity index (χ3n) is 18.7. The van der Waals surface area contributed by atoms with Crippen molar-refractivity contribution in [2.45, 2.75) is 81.2 Å². The molecule has 0 aliphatic heterocycles. The fourth-order valence-corrected chi connectivity index (χ4v) is 14.5. The van der Waals surface area contributed by atoms with E-state index < -0.39 is 17.5 Å². The number of nitrogens with zero attached hydrogens (tertiary/aromatic N) is 4. The number of nitrogens with one attached hydrogen (secondary N) is 4. The predicted molar refractivity (Wildman–Crippen MR) is 436 cm³/mol. The smallest absolute Gasteiger partial charge is 0.266 e. The highest BCUT2D eigenvalue weighted by atomic mass is 32.1. The van der Waals surface area contributed by atoms with Crippen molar-refractivity contribution in [1.82, 2.24) is 18.3 Å². The Kier molecular flexibility index (Phi) is 22.5. The van der Waals surface area contributed by atoms with Gasteiger partial charge in [-0.05, 0) is 153 Å². The van der Waals surface area contributed by atoms with Crippen LogP contribution in [-0.2, 0) is 32.7 Å². The van der Waals surface area contributed by atoms with Crippen molar-refractivity contribution in [3.63, 3.8) is 0 Å². The molecule has 0 unspecified atom stereocenters. The minimum Gasteiger partial charge on any atom is -0.379 e. The van der Waals surface area contributed by atoms with Crippen LogP contribution in [0.2, 0.25) is 0 Å². The second kappa shape index (κ2) is 33.1. The molecule has 0 saturated carbocycles. The minimum absolute atomic E-state index is 0.0456. The Hall–Kier alpha value is -12.2. The molecule has 10 aromatic carbocycles. The third-order valence-corrected chi connectivity index (χ3v) is 20.7. The van der Waals surface area contributed by atoms with Crippen molar-refractivity contribution in [3.8, 4) is 0 Å². The van der Waals surface area contributed by atoms with Crippen molar-refractivity contribution in [2.75, 3.05) is 21.3 Å². The van der Waals surface area contributed by atoms with Gasteiger partial charge in [-0.25, -0.2) is 8.78 Å². The molecule has 0 fully saturated rings. The standard InChI is InChI=1S/C24H24N2.C23H18F2N2O.2C22H20N2OS/c1-18-7-11-20(12-8-18)15-25-23-17-26(24-6-4-3-5-22(23)24)16-21-13-9-19(2)10-14-21;1-15-6-8-16(9-7-15)13-27-14-21(18-4-2-3-5-22(18)27)26-23(28)19-12-17(24)10-11-20(19)25;2*1-15-7-9-17(10-8-15)13-24-14-19(18-5-3-4-6-20(18)24)23-22(25)21-16(2)11-12-26-21/h3-14,17,25H,15-16H2,1-2H3;2-12,14H,13H2,1H3,(H,26,28);2*3-12,14H,13H2,1-2H3,(H,23,25). The molecule has 0 aliphatic carbocycles. The van der Waals surface area contributed by atoms with Crippen LogP contribution in [0.4, 0.5) is 31.5 Å². The molecule has 16 aromatic rings. The van der Waals surface area contributed by atoms with Gasteiger partial charge in [0.1, 0.15) is 11.6 Å². The van der Waals surface area contributed by atoms with Gasteiger partial charge in [-0.1, -0.05) is 222 Å². The maximum absolute atomic E-state index is 13.9. The monoisotopic (exact) mass is 1440 g/mol. The molecule has 0 aliphatic rings. The Bertz CT molecular complexity index is 5570. The summed E-state index contributed by atoms with van der Waals surface area (Å²) in [5.74, 6) is -2.20. The average Bonchev–Trinajstić information content (AvgIpc) is 1.67. The number of thiophene rings is 2. The van der Waals surface area contributed by atoms with Crippen molar-refractivity contribution in [1.29, 1.82) is 0 Å². The van der Waals surface area contributed by atoms with Gasteiger partial charge in [-0.3, -0.25) is 14.4 Å². The summed E-state index contributed by atoms with van der Waals surface area (Å²) < 4.78 is 36.1. The number of hydrogen-bond donors (Lipinski definition) is 4. The lowest BCUT2D eigenvalue weighted by atomic mass is 10.1. The van der Waals surface area contributed by atoms with Crippen LogP contribution in [0, 0.1) is 60.1 Å². The maximum atomic E-state index is 13.9. The Morgan fingerprint density at radius 3 is 0.943 bits per heavy atom. The summed E-state index contributed by atoms with van der Waals surface area (Å²) in [6.45, 7) is 18.3. The van der Waals surface area contributed by atoms with Crippen LogP contribution in [0.25, 0.3) is 43.6 Å². The van der Waals surface area contributed by atoms with Crippen LogP contribution in [0.1, 0.15) is 96.5 Å². The van der Waals surface area contributed by atoms with E-state index in [2.05, 4.69) is 239 Å². The van der Waals surface area contributed by atoms with Gasteiger partial charge in [0.2, 0.25) is 0 Å². The molecule has 4 N–H and O–H groups in total. The first-order valence-electron chi connectivity index (χ1n) is 35.2. The number of amides is 3. The Morgan fingerprint density at radius 2 is 0.623 bits per heavy atom. The summed E-state index contributed by atoms with van der Waals surface area (Å²) in [4.78, 5) is 39.3. The molecule has 6 aromatic heterocycles. The van der Waals surface area contributed by atoms with Gasteiger partial charge >= 0.3 is 0 Å². The lowest BCUT2D eigenvalue weighted by Gasteiger charge is -2.06. The number of para-hydroxylation sites is 4. The first-order valence-corrected chi connectivity index (χ1v) is 37.0. The van der Waals surface area contributed by atoms with Crippen molar-refractivity contribution >= 4 is 107 Å². The Labute approximate surface area is 624 Å². The van der Waals surface area contributed by atoms with E-state index in [-0.39, 0.29) is 17.4 Å². The molecule has 530 valence electrons. The van der Waals surface area contributed by atoms with Gasteiger partial charge in [-0.2, -0.15) is 0 Å². The SMILES string of the molecule is Cc1ccc(CNc2cn(Cc3ccc(C)cc3)c3ccccc23)cc1.Cc1ccc(Cn2cc(NC(=O)c3cc(F)ccc3F)c3ccccc32)cc1.Cc1ccc(Cn2cc(NC(=O)c3sccc3C)c3ccccc32)cc1.Cc1ccc(Cn2cc(NC(=O)c3sccc3C)c3ccccc32)cc1. The number of fused-ring (bicyclic) bond motifs is 4. The van der Waals surface area contributed by atoms with Gasteiger partial charge in [0.05, 0.1) is 60.1 Å². The van der Waals surface area contributed by atoms with Crippen LogP contribution in [0.5, 0.6) is 0 Å². The number of anilines is 4. The van der Waals surface area contributed by atoms with Gasteiger partial charge in [0.15, 0.2) is 0 Å². The van der Waals surface area contributed by atoms with Crippen LogP contribution in [-0.4, -0.2) is 36.0 Å². The summed E-state index contributed by atoms with van der Waals surface area (Å²) >= 11 is 2.95. The van der Waals surface area contributed by atoms with Crippen LogP contribution in [0.15, 0.2) is 284 Å². The van der Waals surface area contributed by atoms with Crippen LogP contribution >= 0.6 is 22.7 Å². The Morgan fingerprint density at radius 1 is 0.330 bits per heavy atom. The van der Waals surface area contributed by atoms with E-state index in [4.69, 9.17) is 0 Å². The topological polar surface area (TPSA) is 119 Å². The highest BCUT2D eigenvalue weighted by Crippen LogP contribution is 2.33. The van der Waals surface area contributed by atoms with E-state index in [1.165, 1.54) is 89.3 Å². The first kappa shape index (κ1) is 72.2. The first-order chi connectivity index (χ1) is 51.4. The molecule has 3 amide bonds. The van der Waals surface area contributed by atoms with Crippen LogP contribution in [0.3, 0.4) is 0 Å². The molecule has 0 radical (unpaired) electrons. The fraction of sp³-hybridized carbons (Fsp3) is 0.132. The lowest BCUT2D eigenvalue weighted by molar-refractivity contribution is 0.101. The van der Waals surface area contributed by atoms with E-state index in [1.807, 2.05) is 115 Å². The number of rotatable bonds is 17. The fourth-order valence-electron chi connectivity index (χ4n) is 12.8. The summed E-state index contributed by atoms with van der Waals surface area (Å²) in [6, 6.07) is 82.2. The summed E-state index contributed by atoms with van der Waals surface area (Å²) in [5.41, 5.74) is 22.1. The van der Waals surface area contributed by atoms with E-state index in [0.717, 1.165) is 115 Å². The van der Waals surface area contributed by atoms with E-state index in [9.17, 15) is 23.2 Å². The zero-order chi connectivity index (χ0) is 73.8. The molecule has 15 heteroatoms. The number of halogens is 2. The van der Waals surface area contributed by atoms with Gasteiger partial charge in [-0.15, -0.1) is 22.7 Å². The third kappa shape index (κ3) is 17.5. The van der Waals surface area contributed by atoms with Gasteiger partial charge in [0.25, 0.3) is 17.7 Å². The second-order valence-corrected chi connectivity index (χ2v) is 28.7. The number of carbonyl (C=O) groups is 3. The number of aryl methyl sites for hydroxylation is 7. The molecular formula is C91H82F2N8O3S2. The molecule has 0 spiro atoms. The van der Waals surface area contributed by atoms with Gasteiger partial charge < -0.3 is 39.5 Å². The van der Waals surface area contributed by atoms with Gasteiger partial charge in [0, 0.05) is 79.1 Å². The molecule has 16 rings (SSSR count). The molecular weight excluding hydrogens is 1360 g/mol. The maximum Gasteiger partial charge on any atom is 0.266 e. The molecule has 6 heterocycles. The molecule has 0 atom stereocenters. The minimum atomic E-state index is -0.762. The van der Waals surface area contributed by atoms with Crippen molar-refractivity contribution in [3.05, 3.63) is 378 Å². The zero-order valence-electron chi connectivity index (χ0n) is 60.3. The molecule has 11 nitrogen and oxygen atoms in total. The second-order valence-electron chi connectivity index (χ2n) is 26.9. The number of hydrogen-bond acceptors (Lipinski definition) is 6. The number of benzene rings is 10. The number of aromatic nitrogens is 4. The van der Waals surface area contributed by atoms with E-state index >= 15 is 0 Å². The predicted octanol–water partition coefficient (Wildman–Crippen LogP) is 22.7. The van der Waals surface area contributed by atoms with Crippen LogP contribution < -0.4 is 21.3 Å². The summed E-state index contributed by atoms with van der Waals surface area (Å²) in [7, 11) is 0. The molecule has 106 heavy (non-hydrogen) atoms. The highest BCUT2D eigenvalue weighted by Gasteiger charge is 2.20. The normalized spacial score (nSPS) is 11.0. The molecule has 0 bridgehead atoms. The average molecular weight is 1440 g/mol. The Balaban J connectivity index is 0.000000125. The molecule has 0 saturated heterocycles. The van der Waals surface area contributed by atoms with Crippen molar-refractivity contribution < 1.29 is 23.2 Å². The summed E-state index contributed by atoms with van der Waals surface area (Å²) in [5, 5.41) is 20.6. The van der Waals surface area contributed by atoms with E-state index in [1.54, 1.807) is 0 Å². The van der Waals surface area contributed by atoms with Crippen molar-refractivity contribution in [2.24, 2.45) is 0 Å². The largest absolute Gasteiger partial charge is 0.379 e.